The fourth-order valence-corrected chi connectivity index (χ4v) is 1.57. The molecule has 0 fully saturated rings. The van der Waals surface area contributed by atoms with Gasteiger partial charge in [-0.3, -0.25) is 4.79 Å². The maximum Gasteiger partial charge on any atom is 0.257 e. The van der Waals surface area contributed by atoms with Crippen LogP contribution < -0.4 is 15.8 Å². The lowest BCUT2D eigenvalue weighted by Gasteiger charge is -2.10. The summed E-state index contributed by atoms with van der Waals surface area (Å²) in [5.41, 5.74) is 6.04. The number of nitrogens with two attached hydrogens (primary N) is 1. The zero-order valence-electron chi connectivity index (χ0n) is 11.4. The van der Waals surface area contributed by atoms with Gasteiger partial charge in [-0.15, -0.1) is 0 Å². The number of amides is 1. The van der Waals surface area contributed by atoms with E-state index in [1.807, 2.05) is 6.92 Å². The van der Waals surface area contributed by atoms with Gasteiger partial charge in [-0.25, -0.2) is 4.39 Å². The minimum atomic E-state index is -0.418. The highest BCUT2D eigenvalue weighted by Gasteiger charge is 2.09. The van der Waals surface area contributed by atoms with Gasteiger partial charge in [0.2, 0.25) is 0 Å². The van der Waals surface area contributed by atoms with Crippen LogP contribution in [-0.2, 0) is 4.79 Å². The van der Waals surface area contributed by atoms with Crippen molar-refractivity contribution in [1.82, 2.24) is 5.32 Å². The fraction of sp³-hybridized carbons (Fsp3) is 0.500. The molecule has 1 rings (SSSR count). The van der Waals surface area contributed by atoms with E-state index in [9.17, 15) is 9.18 Å². The Labute approximate surface area is 113 Å². The lowest BCUT2D eigenvalue weighted by atomic mass is 10.1. The summed E-state index contributed by atoms with van der Waals surface area (Å²) in [5, 5.41) is 2.72. The van der Waals surface area contributed by atoms with E-state index in [-0.39, 0.29) is 18.6 Å². The first-order valence-electron chi connectivity index (χ1n) is 6.49. The molecule has 0 aliphatic carbocycles. The van der Waals surface area contributed by atoms with Crippen LogP contribution in [0.5, 0.6) is 5.75 Å². The Morgan fingerprint density at radius 2 is 2.26 bits per heavy atom. The predicted octanol–water partition coefficient (Wildman–Crippen LogP) is 2.14. The highest BCUT2D eigenvalue weighted by atomic mass is 19.1. The number of hydrogen-bond donors (Lipinski definition) is 2. The van der Waals surface area contributed by atoms with Gasteiger partial charge in [0, 0.05) is 24.2 Å². The highest BCUT2D eigenvalue weighted by molar-refractivity contribution is 5.77. The smallest absolute Gasteiger partial charge is 0.257 e. The van der Waals surface area contributed by atoms with Gasteiger partial charge in [-0.2, -0.15) is 0 Å². The summed E-state index contributed by atoms with van der Waals surface area (Å²) in [4.78, 5) is 11.4. The van der Waals surface area contributed by atoms with Crippen molar-refractivity contribution in [1.29, 1.82) is 0 Å². The first-order chi connectivity index (χ1) is 9.04. The molecule has 0 aliphatic heterocycles. The molecule has 1 aromatic rings. The zero-order valence-corrected chi connectivity index (χ0v) is 11.4. The van der Waals surface area contributed by atoms with Crippen molar-refractivity contribution in [2.24, 2.45) is 5.73 Å². The summed E-state index contributed by atoms with van der Waals surface area (Å²) in [5.74, 6) is -0.295. The lowest BCUT2D eigenvalue weighted by Crippen LogP contribution is -2.29. The van der Waals surface area contributed by atoms with Crippen LogP contribution in [0.15, 0.2) is 18.2 Å². The van der Waals surface area contributed by atoms with E-state index in [4.69, 9.17) is 10.5 Å². The average Bonchev–Trinajstić information content (AvgIpc) is 2.36. The third kappa shape index (κ3) is 5.26. The molecular weight excluding hydrogens is 247 g/mol. The zero-order chi connectivity index (χ0) is 14.3. The third-order valence-electron chi connectivity index (χ3n) is 2.68. The lowest BCUT2D eigenvalue weighted by molar-refractivity contribution is -0.123. The molecule has 4 nitrogen and oxygen atoms in total. The van der Waals surface area contributed by atoms with Crippen molar-refractivity contribution in [2.75, 3.05) is 13.2 Å². The average molecular weight is 268 g/mol. The van der Waals surface area contributed by atoms with E-state index in [1.54, 1.807) is 19.1 Å². The number of rotatable bonds is 7. The molecule has 0 saturated carbocycles. The molecule has 5 heteroatoms. The molecule has 0 aromatic heterocycles. The van der Waals surface area contributed by atoms with Gasteiger partial charge in [0.05, 0.1) is 0 Å². The molecule has 1 amide bonds. The minimum Gasteiger partial charge on any atom is -0.484 e. The van der Waals surface area contributed by atoms with Crippen LogP contribution in [0.4, 0.5) is 4.39 Å². The molecule has 0 aliphatic rings. The summed E-state index contributed by atoms with van der Waals surface area (Å²) < 4.78 is 18.8. The molecular formula is C14H21FN2O2. The molecule has 1 atom stereocenters. The van der Waals surface area contributed by atoms with Crippen molar-refractivity contribution < 1.29 is 13.9 Å². The Bertz CT molecular complexity index is 422. The van der Waals surface area contributed by atoms with Crippen molar-refractivity contribution in [3.8, 4) is 5.75 Å². The Balaban J connectivity index is 2.45. The predicted molar refractivity (Wildman–Crippen MR) is 72.4 cm³/mol. The third-order valence-corrected chi connectivity index (χ3v) is 2.68. The van der Waals surface area contributed by atoms with Gasteiger partial charge in [-0.1, -0.05) is 19.4 Å². The maximum atomic E-state index is 13.6. The maximum absolute atomic E-state index is 13.6. The molecule has 1 aromatic carbocycles. The normalized spacial score (nSPS) is 12.0. The molecule has 106 valence electrons. The van der Waals surface area contributed by atoms with Crippen LogP contribution >= 0.6 is 0 Å². The van der Waals surface area contributed by atoms with Gasteiger partial charge >= 0.3 is 0 Å². The Morgan fingerprint density at radius 3 is 2.84 bits per heavy atom. The van der Waals surface area contributed by atoms with Crippen LogP contribution in [0.2, 0.25) is 0 Å². The van der Waals surface area contributed by atoms with E-state index in [0.29, 0.717) is 17.9 Å². The summed E-state index contributed by atoms with van der Waals surface area (Å²) in [6.45, 7) is 4.28. The first-order valence-corrected chi connectivity index (χ1v) is 6.49. The first kappa shape index (κ1) is 15.4. The van der Waals surface area contributed by atoms with E-state index in [0.717, 1.165) is 12.8 Å². The number of nitrogens with one attached hydrogen (secondary N) is 1. The van der Waals surface area contributed by atoms with E-state index >= 15 is 0 Å². The van der Waals surface area contributed by atoms with Gasteiger partial charge < -0.3 is 15.8 Å². The van der Waals surface area contributed by atoms with E-state index in [1.165, 1.54) is 6.07 Å². The van der Waals surface area contributed by atoms with Crippen LogP contribution in [0.1, 0.15) is 38.3 Å². The number of carbonyl (C=O) groups excluding carboxylic acids is 1. The largest absolute Gasteiger partial charge is 0.484 e. The fourth-order valence-electron chi connectivity index (χ4n) is 1.57. The number of hydrogen-bond acceptors (Lipinski definition) is 3. The minimum absolute atomic E-state index is 0.110. The molecule has 0 spiro atoms. The molecule has 0 radical (unpaired) electrons. The molecule has 0 saturated heterocycles. The Kier molecular flexibility index (Phi) is 6.29. The number of halogens is 1. The molecule has 3 N–H and O–H groups in total. The standard InChI is InChI=1S/C14H21FN2O2/c1-3-4-7-17-14(18)9-19-11-5-6-12(10(2)16)13(15)8-11/h5-6,8,10H,3-4,7,9,16H2,1-2H3,(H,17,18). The molecule has 1 unspecified atom stereocenters. The van der Waals surface area contributed by atoms with Gasteiger partial charge in [0.25, 0.3) is 5.91 Å². The summed E-state index contributed by atoms with van der Waals surface area (Å²) in [6, 6.07) is 4.06. The second kappa shape index (κ2) is 7.74. The van der Waals surface area contributed by atoms with Crippen molar-refractivity contribution in [2.45, 2.75) is 32.7 Å². The van der Waals surface area contributed by atoms with Crippen LogP contribution in [0, 0.1) is 5.82 Å². The summed E-state index contributed by atoms with van der Waals surface area (Å²) in [6.07, 6.45) is 1.95. The molecule has 0 bridgehead atoms. The number of ether oxygens (including phenoxy) is 1. The molecule has 0 heterocycles. The van der Waals surface area contributed by atoms with Crippen molar-refractivity contribution in [3.63, 3.8) is 0 Å². The van der Waals surface area contributed by atoms with Gasteiger partial charge in [0.1, 0.15) is 11.6 Å². The highest BCUT2D eigenvalue weighted by Crippen LogP contribution is 2.20. The second-order valence-corrected chi connectivity index (χ2v) is 4.46. The van der Waals surface area contributed by atoms with Crippen LogP contribution in [0.3, 0.4) is 0 Å². The topological polar surface area (TPSA) is 64.3 Å². The number of benzene rings is 1. The second-order valence-electron chi connectivity index (χ2n) is 4.46. The summed E-state index contributed by atoms with van der Waals surface area (Å²) >= 11 is 0. The Morgan fingerprint density at radius 1 is 1.53 bits per heavy atom. The van der Waals surface area contributed by atoms with Crippen LogP contribution in [0.25, 0.3) is 0 Å². The quantitative estimate of drug-likeness (QED) is 0.745. The Hall–Kier alpha value is -1.62. The van der Waals surface area contributed by atoms with Crippen molar-refractivity contribution >= 4 is 5.91 Å². The SMILES string of the molecule is CCCCNC(=O)COc1ccc(C(C)N)c(F)c1. The van der Waals surface area contributed by atoms with Crippen molar-refractivity contribution in [3.05, 3.63) is 29.6 Å². The monoisotopic (exact) mass is 268 g/mol. The van der Waals surface area contributed by atoms with Crippen LogP contribution in [-0.4, -0.2) is 19.1 Å². The van der Waals surface area contributed by atoms with Gasteiger partial charge in [0.15, 0.2) is 6.61 Å². The van der Waals surface area contributed by atoms with E-state index in [2.05, 4.69) is 5.32 Å². The number of carbonyl (C=O) groups is 1. The summed E-state index contributed by atoms with van der Waals surface area (Å²) in [7, 11) is 0. The molecule has 19 heavy (non-hydrogen) atoms. The van der Waals surface area contributed by atoms with E-state index < -0.39 is 5.82 Å². The van der Waals surface area contributed by atoms with Gasteiger partial charge in [-0.05, 0) is 19.4 Å². The number of unbranched alkanes of at least 4 members (excludes halogenated alkanes) is 1.